The Morgan fingerprint density at radius 1 is 0.833 bits per heavy atom. The van der Waals surface area contributed by atoms with Crippen molar-refractivity contribution in [3.63, 3.8) is 0 Å². The molecule has 0 aromatic heterocycles. The van der Waals surface area contributed by atoms with E-state index in [0.29, 0.717) is 5.75 Å². The highest BCUT2D eigenvalue weighted by atomic mass is 16.5. The van der Waals surface area contributed by atoms with Gasteiger partial charge in [0.15, 0.2) is 0 Å². The lowest BCUT2D eigenvalue weighted by molar-refractivity contribution is -0.137. The van der Waals surface area contributed by atoms with Gasteiger partial charge in [0.2, 0.25) is 0 Å². The normalized spacial score (nSPS) is 11.7. The van der Waals surface area contributed by atoms with Gasteiger partial charge in [-0.2, -0.15) is 0 Å². The van der Waals surface area contributed by atoms with Gasteiger partial charge in [-0.15, -0.1) is 0 Å². The van der Waals surface area contributed by atoms with Crippen LogP contribution in [-0.4, -0.2) is 11.1 Å². The van der Waals surface area contributed by atoms with E-state index >= 15 is 0 Å². The van der Waals surface area contributed by atoms with Crippen LogP contribution >= 0.6 is 0 Å². The van der Waals surface area contributed by atoms with Crippen LogP contribution in [0.5, 0.6) is 11.5 Å². The van der Waals surface area contributed by atoms with Crippen LogP contribution in [0.2, 0.25) is 0 Å². The quantitative estimate of drug-likeness (QED) is 0.689. The number of para-hydroxylation sites is 2. The molecule has 0 bridgehead atoms. The molecule has 3 aromatic carbocycles. The molecule has 0 aliphatic heterocycles. The van der Waals surface area contributed by atoms with E-state index < -0.39 is 5.97 Å². The lowest BCUT2D eigenvalue weighted by Gasteiger charge is -2.19. The molecule has 0 amide bonds. The zero-order chi connectivity index (χ0) is 16.8. The Hall–Kier alpha value is -3.07. The standard InChI is InChI=1S/C21H18O3/c22-21(23)15-19(16-9-3-1-4-10-16)18-13-7-8-14-20(18)24-17-11-5-2-6-12-17/h1-14,19H,15H2,(H,22,23). The molecule has 0 aliphatic rings. The number of hydrogen-bond acceptors (Lipinski definition) is 2. The molecule has 0 spiro atoms. The molecule has 120 valence electrons. The summed E-state index contributed by atoms with van der Waals surface area (Å²) in [7, 11) is 0. The van der Waals surface area contributed by atoms with Crippen molar-refractivity contribution in [2.45, 2.75) is 12.3 Å². The first-order chi connectivity index (χ1) is 11.7. The average molecular weight is 318 g/mol. The molecule has 0 saturated carbocycles. The fraction of sp³-hybridized carbons (Fsp3) is 0.0952. The van der Waals surface area contributed by atoms with E-state index in [1.165, 1.54) is 0 Å². The number of hydrogen-bond donors (Lipinski definition) is 1. The maximum absolute atomic E-state index is 11.4. The van der Waals surface area contributed by atoms with Crippen LogP contribution in [0.1, 0.15) is 23.5 Å². The minimum Gasteiger partial charge on any atom is -0.481 e. The Bertz CT molecular complexity index is 798. The van der Waals surface area contributed by atoms with Crippen molar-refractivity contribution in [3.8, 4) is 11.5 Å². The van der Waals surface area contributed by atoms with Gasteiger partial charge in [-0.25, -0.2) is 0 Å². The van der Waals surface area contributed by atoms with Gasteiger partial charge in [-0.05, 0) is 23.8 Å². The first kappa shape index (κ1) is 15.8. The molecule has 0 heterocycles. The highest BCUT2D eigenvalue weighted by molar-refractivity contribution is 5.69. The minimum absolute atomic E-state index is 0.0131. The van der Waals surface area contributed by atoms with E-state index in [2.05, 4.69) is 0 Å². The number of benzene rings is 3. The zero-order valence-corrected chi connectivity index (χ0v) is 13.1. The fourth-order valence-electron chi connectivity index (χ4n) is 2.74. The third kappa shape index (κ3) is 3.82. The van der Waals surface area contributed by atoms with Crippen molar-refractivity contribution in [3.05, 3.63) is 96.1 Å². The molecular formula is C21H18O3. The predicted molar refractivity (Wildman–Crippen MR) is 93.5 cm³/mol. The molecule has 1 unspecified atom stereocenters. The van der Waals surface area contributed by atoms with Crippen LogP contribution in [0.15, 0.2) is 84.9 Å². The molecule has 3 nitrogen and oxygen atoms in total. The predicted octanol–water partition coefficient (Wildman–Crippen LogP) is 5.09. The summed E-state index contributed by atoms with van der Waals surface area (Å²) in [5, 5.41) is 9.35. The van der Waals surface area contributed by atoms with Crippen LogP contribution in [0.3, 0.4) is 0 Å². The van der Waals surface area contributed by atoms with Crippen molar-refractivity contribution in [1.29, 1.82) is 0 Å². The van der Waals surface area contributed by atoms with Gasteiger partial charge in [0.1, 0.15) is 11.5 Å². The van der Waals surface area contributed by atoms with Crippen LogP contribution in [-0.2, 0) is 4.79 Å². The summed E-state index contributed by atoms with van der Waals surface area (Å²) in [5.41, 5.74) is 1.83. The van der Waals surface area contributed by atoms with E-state index in [9.17, 15) is 9.90 Å². The molecule has 1 N–H and O–H groups in total. The van der Waals surface area contributed by atoms with E-state index in [1.54, 1.807) is 0 Å². The molecule has 0 saturated heterocycles. The van der Waals surface area contributed by atoms with Gasteiger partial charge in [-0.3, -0.25) is 4.79 Å². The van der Waals surface area contributed by atoms with Gasteiger partial charge in [0.25, 0.3) is 0 Å². The van der Waals surface area contributed by atoms with Gasteiger partial charge < -0.3 is 9.84 Å². The Balaban J connectivity index is 2.00. The van der Waals surface area contributed by atoms with Crippen molar-refractivity contribution in [2.24, 2.45) is 0 Å². The van der Waals surface area contributed by atoms with Gasteiger partial charge in [0, 0.05) is 11.5 Å². The molecule has 3 aromatic rings. The van der Waals surface area contributed by atoms with Gasteiger partial charge >= 0.3 is 5.97 Å². The SMILES string of the molecule is O=C(O)CC(c1ccccc1)c1ccccc1Oc1ccccc1. The second-order valence-electron chi connectivity index (χ2n) is 5.51. The third-order valence-electron chi connectivity index (χ3n) is 3.85. The smallest absolute Gasteiger partial charge is 0.304 e. The summed E-state index contributed by atoms with van der Waals surface area (Å²) in [6.45, 7) is 0. The second kappa shape index (κ2) is 7.47. The number of ether oxygens (including phenoxy) is 1. The van der Waals surface area contributed by atoms with Crippen LogP contribution in [0.4, 0.5) is 0 Å². The maximum atomic E-state index is 11.4. The highest BCUT2D eigenvalue weighted by Gasteiger charge is 2.21. The van der Waals surface area contributed by atoms with Gasteiger partial charge in [0.05, 0.1) is 6.42 Å². The topological polar surface area (TPSA) is 46.5 Å². The van der Waals surface area contributed by atoms with E-state index in [-0.39, 0.29) is 12.3 Å². The summed E-state index contributed by atoms with van der Waals surface area (Å²) in [5.74, 6) is 0.313. The maximum Gasteiger partial charge on any atom is 0.304 e. The first-order valence-corrected chi connectivity index (χ1v) is 7.82. The Morgan fingerprint density at radius 3 is 2.08 bits per heavy atom. The summed E-state index contributed by atoms with van der Waals surface area (Å²) in [4.78, 5) is 11.4. The summed E-state index contributed by atoms with van der Waals surface area (Å²) < 4.78 is 6.00. The van der Waals surface area contributed by atoms with Crippen molar-refractivity contribution in [1.82, 2.24) is 0 Å². The number of aliphatic carboxylic acids is 1. The molecular weight excluding hydrogens is 300 g/mol. The van der Waals surface area contributed by atoms with Crippen LogP contribution in [0.25, 0.3) is 0 Å². The largest absolute Gasteiger partial charge is 0.481 e. The van der Waals surface area contributed by atoms with E-state index in [0.717, 1.165) is 16.9 Å². The highest BCUT2D eigenvalue weighted by Crippen LogP contribution is 2.36. The van der Waals surface area contributed by atoms with E-state index in [1.807, 2.05) is 84.9 Å². The zero-order valence-electron chi connectivity index (χ0n) is 13.1. The monoisotopic (exact) mass is 318 g/mol. The average Bonchev–Trinajstić information content (AvgIpc) is 2.62. The lowest BCUT2D eigenvalue weighted by atomic mass is 9.88. The molecule has 3 rings (SSSR count). The van der Waals surface area contributed by atoms with Crippen molar-refractivity contribution < 1.29 is 14.6 Å². The number of carbonyl (C=O) groups is 1. The van der Waals surface area contributed by atoms with E-state index in [4.69, 9.17) is 4.74 Å². The number of carboxylic acid groups (broad SMARTS) is 1. The van der Waals surface area contributed by atoms with Crippen molar-refractivity contribution in [2.75, 3.05) is 0 Å². The summed E-state index contributed by atoms with van der Waals surface area (Å²) in [6.07, 6.45) is 0.0131. The number of rotatable bonds is 6. The Kier molecular flexibility index (Phi) is 4.92. The fourth-order valence-corrected chi connectivity index (χ4v) is 2.74. The lowest BCUT2D eigenvalue weighted by Crippen LogP contribution is -2.09. The van der Waals surface area contributed by atoms with Crippen molar-refractivity contribution >= 4 is 5.97 Å². The molecule has 3 heteroatoms. The Labute approximate surface area is 141 Å². The second-order valence-corrected chi connectivity index (χ2v) is 5.51. The molecule has 0 radical (unpaired) electrons. The van der Waals surface area contributed by atoms with Crippen LogP contribution < -0.4 is 4.74 Å². The summed E-state index contributed by atoms with van der Waals surface area (Å²) >= 11 is 0. The molecule has 1 atom stereocenters. The summed E-state index contributed by atoms with van der Waals surface area (Å²) in [6, 6.07) is 26.8. The minimum atomic E-state index is -0.835. The third-order valence-corrected chi connectivity index (χ3v) is 3.85. The van der Waals surface area contributed by atoms with Gasteiger partial charge in [-0.1, -0.05) is 66.7 Å². The number of carboxylic acids is 1. The molecule has 24 heavy (non-hydrogen) atoms. The molecule has 0 aliphatic carbocycles. The van der Waals surface area contributed by atoms with Crippen LogP contribution in [0, 0.1) is 0 Å². The first-order valence-electron chi connectivity index (χ1n) is 7.82. The molecule has 0 fully saturated rings. The Morgan fingerprint density at radius 2 is 1.42 bits per heavy atom.